The number of hydrogen-bond acceptors (Lipinski definition) is 4. The van der Waals surface area contributed by atoms with Crippen molar-refractivity contribution in [1.29, 1.82) is 0 Å². The SMILES string of the molecule is [2H]C1([2H])c2c([nH]c3ccccc23)C(c2ccc3c(c2)OCO3)N2C(=O)C([2H])([2H])N(C)C(=O)[C@H]21. The molecule has 3 aliphatic rings. The van der Waals surface area contributed by atoms with Gasteiger partial charge in [-0.15, -0.1) is 0 Å². The molecular weight excluding hydrogens is 370 g/mol. The molecular formula is C22H19N3O4. The van der Waals surface area contributed by atoms with Gasteiger partial charge in [0.2, 0.25) is 18.6 Å². The molecule has 2 aromatic carbocycles. The maximum absolute atomic E-state index is 13.5. The van der Waals surface area contributed by atoms with Crippen LogP contribution in [0.25, 0.3) is 10.9 Å². The first-order valence-corrected chi connectivity index (χ1v) is 9.25. The van der Waals surface area contributed by atoms with Crippen molar-refractivity contribution in [2.45, 2.75) is 18.5 Å². The largest absolute Gasteiger partial charge is 0.454 e. The summed E-state index contributed by atoms with van der Waals surface area (Å²) in [6.45, 7) is -2.57. The molecule has 4 heterocycles. The summed E-state index contributed by atoms with van der Waals surface area (Å²) >= 11 is 0. The molecule has 146 valence electrons. The van der Waals surface area contributed by atoms with Gasteiger partial charge in [0.25, 0.3) is 0 Å². The topological polar surface area (TPSA) is 74.9 Å². The number of carbonyl (C=O) groups excluding carboxylic acids is 2. The summed E-state index contributed by atoms with van der Waals surface area (Å²) in [7, 11) is 1.19. The number of hydrogen-bond donors (Lipinski definition) is 1. The van der Waals surface area contributed by atoms with Crippen molar-refractivity contribution in [2.75, 3.05) is 20.3 Å². The van der Waals surface area contributed by atoms with Gasteiger partial charge in [0.05, 0.1) is 15.3 Å². The summed E-state index contributed by atoms with van der Waals surface area (Å²) in [5, 5.41) is 0.611. The van der Waals surface area contributed by atoms with Crippen LogP contribution in [0.3, 0.4) is 0 Å². The summed E-state index contributed by atoms with van der Waals surface area (Å²) in [5.74, 6) is -0.780. The normalized spacial score (nSPS) is 28.3. The van der Waals surface area contributed by atoms with Crippen LogP contribution in [-0.4, -0.2) is 53.0 Å². The summed E-state index contributed by atoms with van der Waals surface area (Å²) in [4.78, 5) is 31.8. The minimum absolute atomic E-state index is 0.0563. The molecule has 0 saturated carbocycles. The van der Waals surface area contributed by atoms with Gasteiger partial charge in [-0.1, -0.05) is 24.3 Å². The van der Waals surface area contributed by atoms with Gasteiger partial charge in [-0.2, -0.15) is 0 Å². The molecule has 2 amide bonds. The van der Waals surface area contributed by atoms with Crippen molar-refractivity contribution in [2.24, 2.45) is 0 Å². The van der Waals surface area contributed by atoms with E-state index in [-0.39, 0.29) is 6.79 Å². The lowest BCUT2D eigenvalue weighted by Gasteiger charge is -2.46. The zero-order valence-electron chi connectivity index (χ0n) is 19.4. The van der Waals surface area contributed by atoms with Crippen LogP contribution in [-0.2, 0) is 16.0 Å². The lowest BCUT2D eigenvalue weighted by atomic mass is 9.86. The molecule has 1 N–H and O–H groups in total. The number of para-hydroxylation sites is 1. The Morgan fingerprint density at radius 1 is 1.14 bits per heavy atom. The van der Waals surface area contributed by atoms with E-state index in [0.29, 0.717) is 44.1 Å². The number of benzene rings is 2. The summed E-state index contributed by atoms with van der Waals surface area (Å²) in [6.07, 6.45) is -2.26. The number of aromatic amines is 1. The number of nitrogens with one attached hydrogen (secondary N) is 1. The van der Waals surface area contributed by atoms with Gasteiger partial charge in [0, 0.05) is 32.8 Å². The molecule has 6 rings (SSSR count). The average Bonchev–Trinajstić information content (AvgIpc) is 3.40. The number of likely N-dealkylation sites (N-methyl/N-ethyl adjacent to an activating group) is 1. The predicted octanol–water partition coefficient (Wildman–Crippen LogP) is 2.21. The number of H-pyrrole nitrogens is 1. The number of rotatable bonds is 1. The molecule has 0 bridgehead atoms. The molecule has 1 saturated heterocycles. The van der Waals surface area contributed by atoms with E-state index in [1.165, 1.54) is 7.05 Å². The highest BCUT2D eigenvalue weighted by atomic mass is 16.7. The van der Waals surface area contributed by atoms with E-state index in [9.17, 15) is 9.59 Å². The lowest BCUT2D eigenvalue weighted by Crippen LogP contribution is -2.62. The minimum atomic E-state index is -2.62. The molecule has 29 heavy (non-hydrogen) atoms. The zero-order valence-corrected chi connectivity index (χ0v) is 15.4. The van der Waals surface area contributed by atoms with Crippen LogP contribution in [0.1, 0.15) is 28.3 Å². The highest BCUT2D eigenvalue weighted by molar-refractivity contribution is 5.97. The van der Waals surface area contributed by atoms with E-state index in [1.54, 1.807) is 36.4 Å². The van der Waals surface area contributed by atoms with Crippen molar-refractivity contribution in [1.82, 2.24) is 14.8 Å². The van der Waals surface area contributed by atoms with Crippen LogP contribution < -0.4 is 9.47 Å². The Hall–Kier alpha value is -3.48. The summed E-state index contributed by atoms with van der Waals surface area (Å²) < 4.78 is 45.4. The van der Waals surface area contributed by atoms with Crippen LogP contribution in [0.5, 0.6) is 11.5 Å². The van der Waals surface area contributed by atoms with Crippen LogP contribution in [0.2, 0.25) is 0 Å². The second kappa shape index (κ2) is 5.76. The monoisotopic (exact) mass is 393 g/mol. The van der Waals surface area contributed by atoms with E-state index in [0.717, 1.165) is 4.90 Å². The molecule has 3 aliphatic heterocycles. The van der Waals surface area contributed by atoms with Gasteiger partial charge in [-0.05, 0) is 29.3 Å². The van der Waals surface area contributed by atoms with Crippen molar-refractivity contribution in [3.05, 3.63) is 59.3 Å². The van der Waals surface area contributed by atoms with E-state index in [1.807, 2.05) is 6.07 Å². The highest BCUT2D eigenvalue weighted by Gasteiger charge is 2.47. The summed E-state index contributed by atoms with van der Waals surface area (Å²) in [5.41, 5.74) is 1.90. The Kier molecular flexibility index (Phi) is 2.56. The first-order chi connectivity index (χ1) is 15.6. The predicted molar refractivity (Wildman–Crippen MR) is 105 cm³/mol. The Morgan fingerprint density at radius 2 is 1.97 bits per heavy atom. The summed E-state index contributed by atoms with van der Waals surface area (Å²) in [6, 6.07) is 9.79. The third kappa shape index (κ3) is 2.24. The number of amides is 2. The molecule has 7 nitrogen and oxygen atoms in total. The Labute approximate surface area is 172 Å². The maximum Gasteiger partial charge on any atom is 0.245 e. The van der Waals surface area contributed by atoms with Crippen molar-refractivity contribution >= 4 is 22.7 Å². The average molecular weight is 393 g/mol. The van der Waals surface area contributed by atoms with E-state index >= 15 is 0 Å². The van der Waals surface area contributed by atoms with Crippen molar-refractivity contribution in [3.8, 4) is 11.5 Å². The molecule has 1 aromatic heterocycles. The standard InChI is InChI=1S/C22H19N3O4/c1-24-10-19(26)25-16(22(24)27)9-14-13-4-2-3-5-15(13)23-20(14)21(25)12-6-7-17-18(8-12)29-11-28-17/h2-8,16,21,23H,9-11H2,1H3/t16-,21?/m1/s1/i9D2,10D2. The number of fused-ring (bicyclic) bond motifs is 5. The van der Waals surface area contributed by atoms with Gasteiger partial charge in [-0.25, -0.2) is 0 Å². The lowest BCUT2D eigenvalue weighted by molar-refractivity contribution is -0.157. The van der Waals surface area contributed by atoms with E-state index in [4.69, 9.17) is 15.0 Å². The fraction of sp³-hybridized carbons (Fsp3) is 0.273. The fourth-order valence-electron chi connectivity index (χ4n) is 4.28. The quantitative estimate of drug-likeness (QED) is 0.688. The first-order valence-electron chi connectivity index (χ1n) is 11.2. The number of aromatic nitrogens is 1. The smallest absolute Gasteiger partial charge is 0.245 e. The second-order valence-electron chi connectivity index (χ2n) is 7.24. The second-order valence-corrected chi connectivity index (χ2v) is 7.24. The van der Waals surface area contributed by atoms with Crippen molar-refractivity contribution in [3.63, 3.8) is 0 Å². The first kappa shape index (κ1) is 12.9. The molecule has 0 radical (unpaired) electrons. The van der Waals surface area contributed by atoms with Gasteiger partial charge in [0.15, 0.2) is 11.5 Å². The molecule has 2 atom stereocenters. The fourth-order valence-corrected chi connectivity index (χ4v) is 4.28. The third-order valence-electron chi connectivity index (χ3n) is 5.62. The molecule has 7 heteroatoms. The Morgan fingerprint density at radius 3 is 2.86 bits per heavy atom. The number of ether oxygens (including phenoxy) is 2. The number of carbonyl (C=O) groups is 2. The van der Waals surface area contributed by atoms with Gasteiger partial charge < -0.3 is 24.3 Å². The van der Waals surface area contributed by atoms with Gasteiger partial charge in [0.1, 0.15) is 6.04 Å². The Bertz CT molecular complexity index is 1350. The molecule has 3 aromatic rings. The Balaban J connectivity index is 1.68. The maximum atomic E-state index is 13.5. The number of piperazine rings is 1. The van der Waals surface area contributed by atoms with Crippen LogP contribution in [0.15, 0.2) is 42.5 Å². The van der Waals surface area contributed by atoms with E-state index in [2.05, 4.69) is 4.98 Å². The van der Waals surface area contributed by atoms with E-state index < -0.39 is 36.8 Å². The van der Waals surface area contributed by atoms with Crippen molar-refractivity contribution < 1.29 is 24.5 Å². The molecule has 0 spiro atoms. The molecule has 1 unspecified atom stereocenters. The number of nitrogens with zero attached hydrogens (tertiary/aromatic N) is 2. The zero-order chi connectivity index (χ0) is 23.3. The van der Waals surface area contributed by atoms with Crippen LogP contribution in [0, 0.1) is 0 Å². The van der Waals surface area contributed by atoms with Gasteiger partial charge in [-0.3, -0.25) is 9.59 Å². The minimum Gasteiger partial charge on any atom is -0.454 e. The third-order valence-corrected chi connectivity index (χ3v) is 5.62. The van der Waals surface area contributed by atoms with Crippen LogP contribution >= 0.6 is 0 Å². The molecule has 0 aliphatic carbocycles. The highest BCUT2D eigenvalue weighted by Crippen LogP contribution is 2.44. The van der Waals surface area contributed by atoms with Crippen LogP contribution in [0.4, 0.5) is 0 Å². The van der Waals surface area contributed by atoms with Gasteiger partial charge >= 0.3 is 0 Å². The molecule has 1 fully saturated rings.